The number of anilines is 1. The fourth-order valence-corrected chi connectivity index (χ4v) is 1.97. The molecule has 0 aliphatic rings. The summed E-state index contributed by atoms with van der Waals surface area (Å²) < 4.78 is 11.7. The molecule has 0 saturated carbocycles. The van der Waals surface area contributed by atoms with Gasteiger partial charge in [0.1, 0.15) is 17.2 Å². The Hall–Kier alpha value is -3.03. The van der Waals surface area contributed by atoms with Crippen LogP contribution < -0.4 is 14.8 Å². The van der Waals surface area contributed by atoms with Gasteiger partial charge in [-0.1, -0.05) is 0 Å². The van der Waals surface area contributed by atoms with E-state index in [9.17, 15) is 14.9 Å². The summed E-state index contributed by atoms with van der Waals surface area (Å²) in [4.78, 5) is 22.5. The summed E-state index contributed by atoms with van der Waals surface area (Å²) in [5.41, 5.74) is 0.428. The van der Waals surface area contributed by atoms with Crippen molar-refractivity contribution in [2.75, 3.05) is 19.5 Å². The third-order valence-corrected chi connectivity index (χ3v) is 3.09. The van der Waals surface area contributed by atoms with Gasteiger partial charge in [-0.25, -0.2) is 0 Å². The molecule has 0 radical (unpaired) electrons. The number of hydrogen-bond donors (Lipinski definition) is 1. The summed E-state index contributed by atoms with van der Waals surface area (Å²) in [7, 11) is 4.55. The number of rotatable bonds is 5. The van der Waals surface area contributed by atoms with Gasteiger partial charge in [0.15, 0.2) is 0 Å². The number of aromatic nitrogens is 1. The molecule has 1 heterocycles. The summed E-state index contributed by atoms with van der Waals surface area (Å²) in [5, 5.41) is 13.4. The monoisotopic (exact) mass is 305 g/mol. The molecule has 1 amide bonds. The highest BCUT2D eigenvalue weighted by Crippen LogP contribution is 2.29. The second kappa shape index (κ2) is 6.17. The average Bonchev–Trinajstić information content (AvgIpc) is 2.89. The molecule has 1 aromatic heterocycles. The molecule has 1 aromatic carbocycles. The van der Waals surface area contributed by atoms with Gasteiger partial charge in [0, 0.05) is 19.2 Å². The predicted octanol–water partition coefficient (Wildman–Crippen LogP) is 2.20. The largest absolute Gasteiger partial charge is 0.497 e. The number of amides is 1. The van der Waals surface area contributed by atoms with Crippen LogP contribution in [0.4, 0.5) is 11.4 Å². The minimum Gasteiger partial charge on any atom is -0.497 e. The lowest BCUT2D eigenvalue weighted by atomic mass is 10.2. The van der Waals surface area contributed by atoms with Crippen molar-refractivity contribution in [3.05, 3.63) is 46.3 Å². The molecular weight excluding hydrogens is 290 g/mol. The number of nitrogens with zero attached hydrogens (tertiary/aromatic N) is 2. The highest BCUT2D eigenvalue weighted by Gasteiger charge is 2.19. The van der Waals surface area contributed by atoms with Crippen molar-refractivity contribution in [1.82, 2.24) is 4.57 Å². The van der Waals surface area contributed by atoms with Crippen LogP contribution >= 0.6 is 0 Å². The normalized spacial score (nSPS) is 10.1. The Kier molecular flexibility index (Phi) is 4.31. The predicted molar refractivity (Wildman–Crippen MR) is 79.6 cm³/mol. The van der Waals surface area contributed by atoms with Crippen molar-refractivity contribution in [3.8, 4) is 11.5 Å². The summed E-state index contributed by atoms with van der Waals surface area (Å²) in [5.74, 6) is 0.522. The molecule has 0 aliphatic carbocycles. The number of benzene rings is 1. The Morgan fingerprint density at radius 1 is 1.27 bits per heavy atom. The molecule has 8 heteroatoms. The van der Waals surface area contributed by atoms with Crippen molar-refractivity contribution in [3.63, 3.8) is 0 Å². The third kappa shape index (κ3) is 3.00. The molecule has 116 valence electrons. The first-order chi connectivity index (χ1) is 10.5. The van der Waals surface area contributed by atoms with Crippen molar-refractivity contribution < 1.29 is 19.2 Å². The average molecular weight is 305 g/mol. The van der Waals surface area contributed by atoms with E-state index in [1.165, 1.54) is 31.0 Å². The van der Waals surface area contributed by atoms with Gasteiger partial charge >= 0.3 is 0 Å². The molecule has 0 saturated heterocycles. The Balaban J connectivity index is 2.30. The molecule has 0 unspecified atom stereocenters. The number of carbonyl (C=O) groups excluding carboxylic acids is 1. The molecule has 0 spiro atoms. The van der Waals surface area contributed by atoms with E-state index in [0.717, 1.165) is 0 Å². The first-order valence-corrected chi connectivity index (χ1v) is 6.30. The number of carbonyl (C=O) groups is 1. The molecule has 0 bridgehead atoms. The van der Waals surface area contributed by atoms with Gasteiger partial charge in [0.05, 0.1) is 31.0 Å². The van der Waals surface area contributed by atoms with Crippen LogP contribution in [0.15, 0.2) is 30.5 Å². The molecule has 2 aromatic rings. The molecule has 8 nitrogen and oxygen atoms in total. The maximum atomic E-state index is 12.3. The van der Waals surface area contributed by atoms with E-state index in [-0.39, 0.29) is 11.4 Å². The van der Waals surface area contributed by atoms with E-state index in [0.29, 0.717) is 17.2 Å². The van der Waals surface area contributed by atoms with E-state index in [4.69, 9.17) is 9.47 Å². The highest BCUT2D eigenvalue weighted by molar-refractivity contribution is 6.04. The van der Waals surface area contributed by atoms with Gasteiger partial charge < -0.3 is 19.4 Å². The van der Waals surface area contributed by atoms with Crippen LogP contribution in [0.25, 0.3) is 0 Å². The van der Waals surface area contributed by atoms with Crippen LogP contribution in [0.1, 0.15) is 10.5 Å². The lowest BCUT2D eigenvalue weighted by molar-refractivity contribution is -0.384. The number of ether oxygens (including phenoxy) is 2. The number of nitrogens with one attached hydrogen (secondary N) is 1. The van der Waals surface area contributed by atoms with Crippen LogP contribution in [0, 0.1) is 10.1 Å². The summed E-state index contributed by atoms with van der Waals surface area (Å²) in [6.07, 6.45) is 1.28. The van der Waals surface area contributed by atoms with E-state index >= 15 is 0 Å². The minimum atomic E-state index is -0.553. The second-order valence-corrected chi connectivity index (χ2v) is 4.47. The topological polar surface area (TPSA) is 95.6 Å². The molecular formula is C14H15N3O5. The van der Waals surface area contributed by atoms with Gasteiger partial charge in [-0.05, 0) is 12.1 Å². The maximum Gasteiger partial charge on any atom is 0.287 e. The summed E-state index contributed by atoms with van der Waals surface area (Å²) >= 11 is 0. The maximum absolute atomic E-state index is 12.3. The standard InChI is InChI=1S/C14H15N3O5/c1-16-8-9(17(19)20)6-12(16)14(18)15-11-7-10(21-2)4-5-13(11)22-3/h4-8H,1-3H3,(H,15,18). The highest BCUT2D eigenvalue weighted by atomic mass is 16.6. The third-order valence-electron chi connectivity index (χ3n) is 3.09. The summed E-state index contributed by atoms with van der Waals surface area (Å²) in [6, 6.07) is 6.17. The summed E-state index contributed by atoms with van der Waals surface area (Å²) in [6.45, 7) is 0. The van der Waals surface area contributed by atoms with Gasteiger partial charge in [-0.2, -0.15) is 0 Å². The minimum absolute atomic E-state index is 0.148. The molecule has 1 N–H and O–H groups in total. The van der Waals surface area contributed by atoms with Crippen LogP contribution in [0.3, 0.4) is 0 Å². The SMILES string of the molecule is COc1ccc(OC)c(NC(=O)c2cc([N+](=O)[O-])cn2C)c1. The second-order valence-electron chi connectivity index (χ2n) is 4.47. The van der Waals surface area contributed by atoms with Crippen molar-refractivity contribution in [2.24, 2.45) is 7.05 Å². The Morgan fingerprint density at radius 2 is 2.00 bits per heavy atom. The number of methoxy groups -OCH3 is 2. The van der Waals surface area contributed by atoms with E-state index in [2.05, 4.69) is 5.32 Å². The zero-order valence-corrected chi connectivity index (χ0v) is 12.3. The lowest BCUT2D eigenvalue weighted by Crippen LogP contribution is -2.15. The molecule has 22 heavy (non-hydrogen) atoms. The Bertz CT molecular complexity index is 723. The van der Waals surface area contributed by atoms with E-state index in [1.807, 2.05) is 0 Å². The Labute approximate surface area is 126 Å². The van der Waals surface area contributed by atoms with Crippen molar-refractivity contribution >= 4 is 17.3 Å². The quantitative estimate of drug-likeness (QED) is 0.675. The van der Waals surface area contributed by atoms with Gasteiger partial charge in [-0.15, -0.1) is 0 Å². The van der Waals surface area contributed by atoms with Crippen molar-refractivity contribution in [2.45, 2.75) is 0 Å². The fourth-order valence-electron chi connectivity index (χ4n) is 1.97. The molecule has 0 atom stereocenters. The number of nitro groups is 1. The van der Waals surface area contributed by atoms with Crippen LogP contribution in [-0.4, -0.2) is 29.6 Å². The zero-order valence-electron chi connectivity index (χ0n) is 12.3. The number of hydrogen-bond acceptors (Lipinski definition) is 5. The van der Waals surface area contributed by atoms with E-state index < -0.39 is 10.8 Å². The number of aryl methyl sites for hydroxylation is 1. The molecule has 0 fully saturated rings. The van der Waals surface area contributed by atoms with Crippen LogP contribution in [-0.2, 0) is 7.05 Å². The zero-order chi connectivity index (χ0) is 16.3. The lowest BCUT2D eigenvalue weighted by Gasteiger charge is -2.11. The van der Waals surface area contributed by atoms with Gasteiger partial charge in [0.2, 0.25) is 0 Å². The van der Waals surface area contributed by atoms with Gasteiger partial charge in [0.25, 0.3) is 11.6 Å². The van der Waals surface area contributed by atoms with E-state index in [1.54, 1.807) is 25.2 Å². The molecule has 0 aliphatic heterocycles. The van der Waals surface area contributed by atoms with Crippen LogP contribution in [0.2, 0.25) is 0 Å². The first-order valence-electron chi connectivity index (χ1n) is 6.30. The Morgan fingerprint density at radius 3 is 2.55 bits per heavy atom. The smallest absolute Gasteiger partial charge is 0.287 e. The van der Waals surface area contributed by atoms with Gasteiger partial charge in [-0.3, -0.25) is 14.9 Å². The van der Waals surface area contributed by atoms with Crippen LogP contribution in [0.5, 0.6) is 11.5 Å². The van der Waals surface area contributed by atoms with Crippen molar-refractivity contribution in [1.29, 1.82) is 0 Å². The molecule has 2 rings (SSSR count). The first kappa shape index (κ1) is 15.4. The fraction of sp³-hybridized carbons (Fsp3) is 0.214.